The molecule has 0 bridgehead atoms. The van der Waals surface area contributed by atoms with Gasteiger partial charge in [0.15, 0.2) is 0 Å². The highest BCUT2D eigenvalue weighted by Gasteiger charge is 2.14. The van der Waals surface area contributed by atoms with Crippen LogP contribution in [0.3, 0.4) is 0 Å². The highest BCUT2D eigenvalue weighted by molar-refractivity contribution is 5.69. The molecule has 0 spiro atoms. The molecule has 0 aromatic carbocycles. The van der Waals surface area contributed by atoms with E-state index >= 15 is 0 Å². The van der Waals surface area contributed by atoms with Gasteiger partial charge in [-0.1, -0.05) is 161 Å². The molecule has 4 heteroatoms. The number of hydrogen-bond acceptors (Lipinski definition) is 3. The van der Waals surface area contributed by atoms with Gasteiger partial charge in [0.25, 0.3) is 0 Å². The molecule has 260 valence electrons. The summed E-state index contributed by atoms with van der Waals surface area (Å²) < 4.78 is 5.95. The third-order valence-corrected chi connectivity index (χ3v) is 8.99. The van der Waals surface area contributed by atoms with E-state index in [0.29, 0.717) is 6.42 Å². The lowest BCUT2D eigenvalue weighted by molar-refractivity contribution is -0.150. The van der Waals surface area contributed by atoms with Crippen molar-refractivity contribution in [2.45, 2.75) is 232 Å². The summed E-state index contributed by atoms with van der Waals surface area (Å²) in [6.07, 6.45) is 43.8. The van der Waals surface area contributed by atoms with Crippen LogP contribution in [0.1, 0.15) is 226 Å². The molecule has 0 rings (SSSR count). The Morgan fingerprint density at radius 2 is 0.818 bits per heavy atom. The lowest BCUT2D eigenvalue weighted by Crippen LogP contribution is -2.18. The zero-order valence-corrected chi connectivity index (χ0v) is 29.7. The molecule has 1 N–H and O–H groups in total. The Bertz CT molecular complexity index is 629. The highest BCUT2D eigenvalue weighted by Crippen LogP contribution is 2.19. The topological polar surface area (TPSA) is 63.6 Å². The van der Waals surface area contributed by atoms with Gasteiger partial charge < -0.3 is 9.84 Å². The first-order valence-corrected chi connectivity index (χ1v) is 19.7. The number of ether oxygens (including phenoxy) is 1. The Morgan fingerprint density at radius 1 is 0.477 bits per heavy atom. The molecular formula is C40H76O4. The summed E-state index contributed by atoms with van der Waals surface area (Å²) in [6.45, 7) is 4.54. The predicted octanol–water partition coefficient (Wildman–Crippen LogP) is 13.5. The quantitative estimate of drug-likeness (QED) is 0.0430. The predicted molar refractivity (Wildman–Crippen MR) is 190 cm³/mol. The van der Waals surface area contributed by atoms with Crippen LogP contribution in [-0.2, 0) is 14.3 Å². The fourth-order valence-corrected chi connectivity index (χ4v) is 6.06. The second kappa shape index (κ2) is 36.2. The third-order valence-electron chi connectivity index (χ3n) is 8.99. The summed E-state index contributed by atoms with van der Waals surface area (Å²) in [6, 6.07) is 0. The van der Waals surface area contributed by atoms with E-state index in [0.717, 1.165) is 57.8 Å². The van der Waals surface area contributed by atoms with E-state index in [9.17, 15) is 9.59 Å². The molecule has 0 aromatic heterocycles. The summed E-state index contributed by atoms with van der Waals surface area (Å²) in [7, 11) is 0. The van der Waals surface area contributed by atoms with Gasteiger partial charge >= 0.3 is 11.9 Å². The molecule has 0 aliphatic heterocycles. The minimum atomic E-state index is -0.709. The van der Waals surface area contributed by atoms with Gasteiger partial charge in [-0.25, -0.2) is 0 Å². The van der Waals surface area contributed by atoms with E-state index in [-0.39, 0.29) is 18.5 Å². The summed E-state index contributed by atoms with van der Waals surface area (Å²) >= 11 is 0. The van der Waals surface area contributed by atoms with Crippen molar-refractivity contribution in [3.8, 4) is 0 Å². The number of allylic oxidation sites excluding steroid dienone is 2. The fourth-order valence-electron chi connectivity index (χ4n) is 6.06. The van der Waals surface area contributed by atoms with E-state index in [2.05, 4.69) is 26.0 Å². The average molecular weight is 621 g/mol. The van der Waals surface area contributed by atoms with Crippen molar-refractivity contribution in [3.05, 3.63) is 12.2 Å². The Labute approximate surface area is 275 Å². The van der Waals surface area contributed by atoms with Crippen LogP contribution < -0.4 is 0 Å². The summed E-state index contributed by atoms with van der Waals surface area (Å²) in [5, 5.41) is 8.82. The molecule has 0 amide bonds. The average Bonchev–Trinajstić information content (AvgIpc) is 3.01. The van der Waals surface area contributed by atoms with Crippen molar-refractivity contribution in [3.63, 3.8) is 0 Å². The lowest BCUT2D eigenvalue weighted by atomic mass is 10.0. The Hall–Kier alpha value is -1.32. The van der Waals surface area contributed by atoms with E-state index < -0.39 is 5.97 Å². The van der Waals surface area contributed by atoms with Crippen LogP contribution in [0.15, 0.2) is 12.2 Å². The van der Waals surface area contributed by atoms with Gasteiger partial charge in [-0.3, -0.25) is 9.59 Å². The van der Waals surface area contributed by atoms with Crippen LogP contribution in [0.25, 0.3) is 0 Å². The Balaban J connectivity index is 3.83. The third kappa shape index (κ3) is 35.2. The number of carbonyl (C=O) groups is 2. The molecule has 1 unspecified atom stereocenters. The fraction of sp³-hybridized carbons (Fsp3) is 0.900. The van der Waals surface area contributed by atoms with Gasteiger partial charge in [-0.05, 0) is 64.2 Å². The van der Waals surface area contributed by atoms with Crippen LogP contribution >= 0.6 is 0 Å². The summed E-state index contributed by atoms with van der Waals surface area (Å²) in [4.78, 5) is 23.3. The van der Waals surface area contributed by atoms with Crippen molar-refractivity contribution in [1.29, 1.82) is 0 Å². The smallest absolute Gasteiger partial charge is 0.306 e. The minimum absolute atomic E-state index is 0.0125. The normalized spacial score (nSPS) is 12.2. The lowest BCUT2D eigenvalue weighted by Gasteiger charge is -2.18. The maximum atomic E-state index is 12.6. The first-order chi connectivity index (χ1) is 21.6. The second-order valence-corrected chi connectivity index (χ2v) is 13.5. The maximum absolute atomic E-state index is 12.6. The molecule has 0 saturated carbocycles. The van der Waals surface area contributed by atoms with Crippen LogP contribution in [0.4, 0.5) is 0 Å². The van der Waals surface area contributed by atoms with Crippen molar-refractivity contribution in [1.82, 2.24) is 0 Å². The van der Waals surface area contributed by atoms with E-state index in [4.69, 9.17) is 9.84 Å². The standard InChI is InChI=1S/C40H76O4/c1-3-5-7-9-11-13-14-15-16-17-18-19-20-21-22-23-25-27-33-37-40(43)44-38(35-31-28-29-32-36-39(41)42)34-30-26-24-12-10-8-6-4-2/h15-16,38H,3-14,17-37H2,1-2H3,(H,41,42)/b16-15-. The number of carboxylic acids is 1. The van der Waals surface area contributed by atoms with E-state index in [1.165, 1.54) is 141 Å². The van der Waals surface area contributed by atoms with Gasteiger partial charge in [0.1, 0.15) is 6.10 Å². The molecule has 0 aromatic rings. The first-order valence-electron chi connectivity index (χ1n) is 19.7. The zero-order valence-electron chi connectivity index (χ0n) is 29.7. The molecule has 4 nitrogen and oxygen atoms in total. The van der Waals surface area contributed by atoms with Gasteiger partial charge in [0.2, 0.25) is 0 Å². The largest absolute Gasteiger partial charge is 0.481 e. The molecule has 0 aliphatic carbocycles. The number of unbranched alkanes of at least 4 members (excludes halogenated alkanes) is 25. The minimum Gasteiger partial charge on any atom is -0.481 e. The molecular weight excluding hydrogens is 544 g/mol. The van der Waals surface area contributed by atoms with Crippen LogP contribution in [0, 0.1) is 0 Å². The van der Waals surface area contributed by atoms with Gasteiger partial charge in [-0.15, -0.1) is 0 Å². The molecule has 0 radical (unpaired) electrons. The van der Waals surface area contributed by atoms with Gasteiger partial charge in [-0.2, -0.15) is 0 Å². The van der Waals surface area contributed by atoms with Crippen LogP contribution in [-0.4, -0.2) is 23.1 Å². The summed E-state index contributed by atoms with van der Waals surface area (Å²) in [5.41, 5.74) is 0. The molecule has 44 heavy (non-hydrogen) atoms. The van der Waals surface area contributed by atoms with Crippen LogP contribution in [0.5, 0.6) is 0 Å². The summed E-state index contributed by atoms with van der Waals surface area (Å²) in [5.74, 6) is -0.722. The number of aliphatic carboxylic acids is 1. The van der Waals surface area contributed by atoms with Crippen molar-refractivity contribution >= 4 is 11.9 Å². The van der Waals surface area contributed by atoms with Crippen molar-refractivity contribution < 1.29 is 19.4 Å². The molecule has 0 saturated heterocycles. The van der Waals surface area contributed by atoms with Gasteiger partial charge in [0, 0.05) is 12.8 Å². The number of carbonyl (C=O) groups excluding carboxylic acids is 1. The number of esters is 1. The monoisotopic (exact) mass is 621 g/mol. The maximum Gasteiger partial charge on any atom is 0.306 e. The SMILES string of the molecule is CCCCCCCC/C=C\CCCCCCCCCCCC(=O)OC(CCCCCCCCCC)CCCCCCC(=O)O. The first kappa shape index (κ1) is 42.7. The molecule has 0 fully saturated rings. The zero-order chi connectivity index (χ0) is 32.2. The number of hydrogen-bond donors (Lipinski definition) is 1. The van der Waals surface area contributed by atoms with Crippen molar-refractivity contribution in [2.75, 3.05) is 0 Å². The molecule has 0 aliphatic rings. The second-order valence-electron chi connectivity index (χ2n) is 13.5. The molecule has 1 atom stereocenters. The highest BCUT2D eigenvalue weighted by atomic mass is 16.5. The Kier molecular flexibility index (Phi) is 35.1. The van der Waals surface area contributed by atoms with Gasteiger partial charge in [0.05, 0.1) is 0 Å². The molecule has 0 heterocycles. The number of carboxylic acid groups (broad SMARTS) is 1. The Morgan fingerprint density at radius 3 is 1.23 bits per heavy atom. The van der Waals surface area contributed by atoms with E-state index in [1.54, 1.807) is 0 Å². The number of rotatable bonds is 36. The van der Waals surface area contributed by atoms with Crippen LogP contribution in [0.2, 0.25) is 0 Å². The van der Waals surface area contributed by atoms with E-state index in [1.807, 2.05) is 0 Å². The van der Waals surface area contributed by atoms with Crippen molar-refractivity contribution in [2.24, 2.45) is 0 Å².